The monoisotopic (exact) mass is 616 g/mol. The Labute approximate surface area is 249 Å². The van der Waals surface area contributed by atoms with Crippen molar-refractivity contribution in [2.45, 2.75) is 81.5 Å². The number of hydrogen-bond acceptors (Lipinski definition) is 6. The molecule has 4 rings (SSSR count). The SMILES string of the molecule is CCCC1(CCCc2ccccc2)CC(O)=C(C(CC)c2cccc(NS(=O)(=O)c3ccc(C(F)(F)F)cn3)c2)C(=O)O1. The Bertz CT molecular complexity index is 1560. The first kappa shape index (κ1) is 32.1. The van der Waals surface area contributed by atoms with Gasteiger partial charge in [-0.2, -0.15) is 21.6 Å². The van der Waals surface area contributed by atoms with Crippen molar-refractivity contribution < 1.29 is 36.2 Å². The van der Waals surface area contributed by atoms with E-state index in [1.54, 1.807) is 12.1 Å². The van der Waals surface area contributed by atoms with Crippen LogP contribution in [0.5, 0.6) is 0 Å². The molecule has 0 bridgehead atoms. The van der Waals surface area contributed by atoms with Crippen LogP contribution in [-0.2, 0) is 32.2 Å². The number of sulfonamides is 1. The van der Waals surface area contributed by atoms with E-state index in [1.807, 2.05) is 32.0 Å². The van der Waals surface area contributed by atoms with Crippen molar-refractivity contribution in [2.75, 3.05) is 4.72 Å². The lowest BCUT2D eigenvalue weighted by molar-refractivity contribution is -0.161. The predicted molar refractivity (Wildman–Crippen MR) is 157 cm³/mol. The van der Waals surface area contributed by atoms with Crippen LogP contribution in [0.3, 0.4) is 0 Å². The van der Waals surface area contributed by atoms with E-state index in [1.165, 1.54) is 17.7 Å². The molecule has 2 unspecified atom stereocenters. The van der Waals surface area contributed by atoms with Crippen molar-refractivity contribution in [1.29, 1.82) is 0 Å². The van der Waals surface area contributed by atoms with Gasteiger partial charge in [0.05, 0.1) is 11.1 Å². The molecule has 1 aliphatic rings. The number of benzene rings is 2. The molecule has 43 heavy (non-hydrogen) atoms. The van der Waals surface area contributed by atoms with Gasteiger partial charge >= 0.3 is 12.1 Å². The third-order valence-corrected chi connectivity index (χ3v) is 8.91. The van der Waals surface area contributed by atoms with Crippen molar-refractivity contribution in [1.82, 2.24) is 4.98 Å². The Hall–Kier alpha value is -3.86. The van der Waals surface area contributed by atoms with Crippen molar-refractivity contribution in [3.63, 3.8) is 0 Å². The predicted octanol–water partition coefficient (Wildman–Crippen LogP) is 7.72. The molecule has 2 N–H and O–H groups in total. The summed E-state index contributed by atoms with van der Waals surface area (Å²) in [5.74, 6) is -1.20. The molecule has 230 valence electrons. The molecule has 0 saturated carbocycles. The zero-order valence-electron chi connectivity index (χ0n) is 24.0. The first-order valence-electron chi connectivity index (χ1n) is 14.2. The van der Waals surface area contributed by atoms with Gasteiger partial charge < -0.3 is 9.84 Å². The number of carbonyl (C=O) groups is 1. The van der Waals surface area contributed by atoms with Gasteiger partial charge in [-0.3, -0.25) is 4.72 Å². The molecule has 0 radical (unpaired) electrons. The number of aryl methyl sites for hydroxylation is 1. The summed E-state index contributed by atoms with van der Waals surface area (Å²) in [6.45, 7) is 3.85. The average Bonchev–Trinajstić information content (AvgIpc) is 2.95. The van der Waals surface area contributed by atoms with E-state index in [9.17, 15) is 31.5 Å². The summed E-state index contributed by atoms with van der Waals surface area (Å²) in [5, 5.41) is 10.7. The number of nitrogens with one attached hydrogen (secondary N) is 1. The number of alkyl halides is 3. The summed E-state index contributed by atoms with van der Waals surface area (Å²) in [6.07, 6.45) is 0.0131. The van der Waals surface area contributed by atoms with Crippen molar-refractivity contribution in [3.8, 4) is 0 Å². The van der Waals surface area contributed by atoms with Gasteiger partial charge in [0, 0.05) is 24.2 Å². The normalized spacial score (nSPS) is 18.3. The molecule has 2 atom stereocenters. The summed E-state index contributed by atoms with van der Waals surface area (Å²) in [4.78, 5) is 16.9. The van der Waals surface area contributed by atoms with E-state index in [2.05, 4.69) is 21.8 Å². The maximum atomic E-state index is 13.5. The van der Waals surface area contributed by atoms with Crippen LogP contribution in [0.15, 0.2) is 89.3 Å². The van der Waals surface area contributed by atoms with Crippen molar-refractivity contribution >= 4 is 21.7 Å². The van der Waals surface area contributed by atoms with Crippen LogP contribution in [0.2, 0.25) is 0 Å². The lowest BCUT2D eigenvalue weighted by atomic mass is 9.80. The molecule has 11 heteroatoms. The van der Waals surface area contributed by atoms with Crippen LogP contribution < -0.4 is 4.72 Å². The summed E-state index contributed by atoms with van der Waals surface area (Å²) < 4.78 is 72.7. The second-order valence-electron chi connectivity index (χ2n) is 10.8. The number of nitrogens with zero attached hydrogens (tertiary/aromatic N) is 1. The Morgan fingerprint density at radius 1 is 1.05 bits per heavy atom. The highest BCUT2D eigenvalue weighted by molar-refractivity contribution is 7.92. The van der Waals surface area contributed by atoms with Gasteiger partial charge in [-0.05, 0) is 67.5 Å². The molecule has 2 aromatic carbocycles. The van der Waals surface area contributed by atoms with E-state index >= 15 is 0 Å². The molecule has 2 heterocycles. The average molecular weight is 617 g/mol. The molecule has 0 amide bonds. The standard InChI is InChI=1S/C32H35F3N2O5S/c1-3-17-31(18-9-12-22-10-6-5-7-11-22)20-27(38)29(30(39)42-31)26(4-2)23-13-8-14-25(19-23)37-43(40,41)28-16-15-24(21-36-28)32(33,34)35/h5-8,10-11,13-16,19,21,26,37-38H,3-4,9,12,17-18,20H2,1-2H3. The van der Waals surface area contributed by atoms with Crippen LogP contribution in [-0.4, -0.2) is 30.1 Å². The number of ether oxygens (including phenoxy) is 1. The van der Waals surface area contributed by atoms with Crippen LogP contribution >= 0.6 is 0 Å². The number of aliphatic hydroxyl groups excluding tert-OH is 1. The number of cyclic esters (lactones) is 1. The van der Waals surface area contributed by atoms with Gasteiger partial charge in [-0.25, -0.2) is 9.78 Å². The minimum Gasteiger partial charge on any atom is -0.512 e. The Morgan fingerprint density at radius 3 is 2.40 bits per heavy atom. The fraction of sp³-hybridized carbons (Fsp3) is 0.375. The number of halogens is 3. The zero-order valence-corrected chi connectivity index (χ0v) is 24.8. The largest absolute Gasteiger partial charge is 0.512 e. The minimum absolute atomic E-state index is 0.0313. The van der Waals surface area contributed by atoms with Crippen LogP contribution in [0.4, 0.5) is 18.9 Å². The molecule has 7 nitrogen and oxygen atoms in total. The van der Waals surface area contributed by atoms with E-state index in [0.29, 0.717) is 37.1 Å². The highest BCUT2D eigenvalue weighted by atomic mass is 32.2. The number of esters is 1. The summed E-state index contributed by atoms with van der Waals surface area (Å²) in [7, 11) is -4.30. The second kappa shape index (κ2) is 13.2. The van der Waals surface area contributed by atoms with E-state index in [4.69, 9.17) is 4.74 Å². The van der Waals surface area contributed by atoms with Crippen molar-refractivity contribution in [3.05, 3.63) is 101 Å². The van der Waals surface area contributed by atoms with Gasteiger partial charge in [0.1, 0.15) is 11.4 Å². The molecule has 0 spiro atoms. The van der Waals surface area contributed by atoms with Gasteiger partial charge in [-0.15, -0.1) is 0 Å². The number of carbonyl (C=O) groups excluding carboxylic acids is 1. The van der Waals surface area contributed by atoms with Gasteiger partial charge in [0.2, 0.25) is 0 Å². The fourth-order valence-electron chi connectivity index (χ4n) is 5.61. The van der Waals surface area contributed by atoms with Crippen LogP contribution in [0.1, 0.15) is 75.0 Å². The minimum atomic E-state index is -4.65. The highest BCUT2D eigenvalue weighted by Gasteiger charge is 2.43. The molecule has 3 aromatic rings. The number of aliphatic hydroxyl groups is 1. The quantitative estimate of drug-likeness (QED) is 0.202. The van der Waals surface area contributed by atoms with Crippen molar-refractivity contribution in [2.24, 2.45) is 0 Å². The van der Waals surface area contributed by atoms with Crippen LogP contribution in [0, 0.1) is 0 Å². The number of pyridine rings is 1. The molecule has 0 fully saturated rings. The van der Waals surface area contributed by atoms with Gasteiger partial charge in [0.25, 0.3) is 10.0 Å². The van der Waals surface area contributed by atoms with Crippen LogP contribution in [0.25, 0.3) is 0 Å². The summed E-state index contributed by atoms with van der Waals surface area (Å²) in [5.41, 5.74) is 0.148. The van der Waals surface area contributed by atoms with E-state index in [-0.39, 0.29) is 23.4 Å². The molecule has 1 aliphatic heterocycles. The molecule has 1 aromatic heterocycles. The third kappa shape index (κ3) is 7.76. The first-order chi connectivity index (χ1) is 20.4. The van der Waals surface area contributed by atoms with Gasteiger partial charge in [0.15, 0.2) is 5.03 Å². The highest BCUT2D eigenvalue weighted by Crippen LogP contribution is 2.42. The number of rotatable bonds is 12. The Kier molecular flexibility index (Phi) is 9.84. The molecular weight excluding hydrogens is 581 g/mol. The van der Waals surface area contributed by atoms with E-state index < -0.39 is 44.3 Å². The number of hydrogen-bond donors (Lipinski definition) is 2. The Balaban J connectivity index is 1.54. The lowest BCUT2D eigenvalue weighted by Crippen LogP contribution is -2.41. The second-order valence-corrected chi connectivity index (χ2v) is 12.4. The smallest absolute Gasteiger partial charge is 0.417 e. The molecule has 0 saturated heterocycles. The third-order valence-electron chi connectivity index (χ3n) is 7.61. The maximum absolute atomic E-state index is 13.5. The van der Waals surface area contributed by atoms with E-state index in [0.717, 1.165) is 25.3 Å². The first-order valence-corrected chi connectivity index (χ1v) is 15.7. The summed E-state index contributed by atoms with van der Waals surface area (Å²) in [6, 6.07) is 17.8. The Morgan fingerprint density at radius 2 is 1.79 bits per heavy atom. The fourth-order valence-corrected chi connectivity index (χ4v) is 6.59. The lowest BCUT2D eigenvalue weighted by Gasteiger charge is -2.38. The summed E-state index contributed by atoms with van der Waals surface area (Å²) >= 11 is 0. The number of anilines is 1. The zero-order chi connectivity index (χ0) is 31.3. The topological polar surface area (TPSA) is 106 Å². The van der Waals surface area contributed by atoms with Gasteiger partial charge in [-0.1, -0.05) is 62.7 Å². The maximum Gasteiger partial charge on any atom is 0.417 e. The molecular formula is C32H35F3N2O5S. The molecule has 0 aliphatic carbocycles. The number of aromatic nitrogens is 1.